The van der Waals surface area contributed by atoms with Crippen molar-refractivity contribution in [1.82, 2.24) is 9.97 Å². The van der Waals surface area contributed by atoms with E-state index in [0.29, 0.717) is 11.5 Å². The average molecular weight is 223 g/mol. The summed E-state index contributed by atoms with van der Waals surface area (Å²) < 4.78 is 0. The van der Waals surface area contributed by atoms with Crippen molar-refractivity contribution in [2.45, 2.75) is 26.3 Å². The number of anilines is 1. The van der Waals surface area contributed by atoms with Gasteiger partial charge in [0.05, 0.1) is 18.1 Å². The van der Waals surface area contributed by atoms with E-state index in [2.05, 4.69) is 29.1 Å². The largest absolute Gasteiger partial charge is 0.379 e. The maximum absolute atomic E-state index is 4.01. The number of nitrogens with one attached hydrogen (secondary N) is 1. The van der Waals surface area contributed by atoms with Crippen molar-refractivity contribution in [2.24, 2.45) is 5.41 Å². The number of hydrogen-bond acceptors (Lipinski definition) is 4. The van der Waals surface area contributed by atoms with Crippen LogP contribution in [0.5, 0.6) is 0 Å². The van der Waals surface area contributed by atoms with E-state index in [1.807, 2.05) is 24.2 Å². The van der Waals surface area contributed by atoms with Crippen LogP contribution in [0.1, 0.15) is 20.3 Å². The zero-order chi connectivity index (χ0) is 10.7. The third kappa shape index (κ3) is 3.09. The number of thioether (sulfide) groups is 1. The Morgan fingerprint density at radius 2 is 2.13 bits per heavy atom. The number of rotatable bonds is 2. The summed E-state index contributed by atoms with van der Waals surface area (Å²) in [7, 11) is 0. The van der Waals surface area contributed by atoms with Crippen molar-refractivity contribution in [3.8, 4) is 0 Å². The van der Waals surface area contributed by atoms with E-state index in [9.17, 15) is 0 Å². The number of hydrogen-bond donors (Lipinski definition) is 1. The highest BCUT2D eigenvalue weighted by Crippen LogP contribution is 2.34. The highest BCUT2D eigenvalue weighted by molar-refractivity contribution is 7.99. The molecule has 1 unspecified atom stereocenters. The predicted molar refractivity (Wildman–Crippen MR) is 65.2 cm³/mol. The van der Waals surface area contributed by atoms with Crippen LogP contribution in [-0.2, 0) is 0 Å². The summed E-state index contributed by atoms with van der Waals surface area (Å²) in [5.74, 6) is 2.44. The van der Waals surface area contributed by atoms with E-state index in [0.717, 1.165) is 5.69 Å². The fourth-order valence-electron chi connectivity index (χ4n) is 1.96. The first-order chi connectivity index (χ1) is 7.16. The van der Waals surface area contributed by atoms with Crippen LogP contribution in [0.3, 0.4) is 0 Å². The molecular formula is C11H17N3S. The summed E-state index contributed by atoms with van der Waals surface area (Å²) in [5.41, 5.74) is 1.47. The van der Waals surface area contributed by atoms with Crippen molar-refractivity contribution in [3.05, 3.63) is 18.7 Å². The Balaban J connectivity index is 1.95. The molecule has 1 aromatic rings. The van der Waals surface area contributed by atoms with Crippen LogP contribution >= 0.6 is 11.8 Å². The van der Waals surface area contributed by atoms with Crippen LogP contribution in [0, 0.1) is 5.41 Å². The molecule has 1 aliphatic rings. The molecule has 1 atom stereocenters. The standard InChI is InChI=1S/C11H17N3S/c1-11(2)3-9(6-15-7-11)14-10-4-12-8-13-5-10/h4-5,8-9,14H,3,6-7H2,1-2H3. The van der Waals surface area contributed by atoms with Gasteiger partial charge in [-0.2, -0.15) is 11.8 Å². The maximum Gasteiger partial charge on any atom is 0.115 e. The zero-order valence-corrected chi connectivity index (χ0v) is 10.0. The van der Waals surface area contributed by atoms with Gasteiger partial charge < -0.3 is 5.32 Å². The molecule has 0 saturated carbocycles. The first kappa shape index (κ1) is 10.7. The van der Waals surface area contributed by atoms with Crippen molar-refractivity contribution in [1.29, 1.82) is 0 Å². The van der Waals surface area contributed by atoms with Gasteiger partial charge in [-0.15, -0.1) is 0 Å². The number of aromatic nitrogens is 2. The first-order valence-electron chi connectivity index (χ1n) is 5.25. The second-order valence-electron chi connectivity index (χ2n) is 4.85. The lowest BCUT2D eigenvalue weighted by atomic mass is 9.88. The molecule has 0 spiro atoms. The van der Waals surface area contributed by atoms with E-state index < -0.39 is 0 Å². The highest BCUT2D eigenvalue weighted by atomic mass is 32.2. The minimum atomic E-state index is 0.441. The Labute approximate surface area is 95.1 Å². The molecule has 2 rings (SSSR count). The molecule has 1 aromatic heterocycles. The molecule has 15 heavy (non-hydrogen) atoms. The first-order valence-corrected chi connectivity index (χ1v) is 6.40. The quantitative estimate of drug-likeness (QED) is 0.835. The summed E-state index contributed by atoms with van der Waals surface area (Å²) in [4.78, 5) is 8.01. The molecule has 0 amide bonds. The van der Waals surface area contributed by atoms with Crippen LogP contribution in [-0.4, -0.2) is 27.5 Å². The molecule has 3 nitrogen and oxygen atoms in total. The predicted octanol–water partition coefficient (Wildman–Crippen LogP) is 2.42. The van der Waals surface area contributed by atoms with Crippen molar-refractivity contribution in [3.63, 3.8) is 0 Å². The van der Waals surface area contributed by atoms with Crippen LogP contribution in [0.25, 0.3) is 0 Å². The third-order valence-electron chi connectivity index (χ3n) is 2.54. The molecule has 1 aliphatic heterocycles. The van der Waals surface area contributed by atoms with Gasteiger partial charge in [-0.05, 0) is 17.6 Å². The molecule has 1 saturated heterocycles. The normalized spacial score (nSPS) is 24.8. The third-order valence-corrected chi connectivity index (χ3v) is 4.17. The van der Waals surface area contributed by atoms with Gasteiger partial charge in [-0.25, -0.2) is 9.97 Å². The van der Waals surface area contributed by atoms with Crippen LogP contribution in [0.2, 0.25) is 0 Å². The van der Waals surface area contributed by atoms with Gasteiger partial charge in [0.25, 0.3) is 0 Å². The van der Waals surface area contributed by atoms with Gasteiger partial charge >= 0.3 is 0 Å². The molecular weight excluding hydrogens is 206 g/mol. The number of nitrogens with zero attached hydrogens (tertiary/aromatic N) is 2. The molecule has 1 N–H and O–H groups in total. The lowest BCUT2D eigenvalue weighted by Gasteiger charge is -2.35. The SMILES string of the molecule is CC1(C)CSCC(Nc2cncnc2)C1. The smallest absolute Gasteiger partial charge is 0.115 e. The minimum absolute atomic E-state index is 0.441. The molecule has 82 valence electrons. The van der Waals surface area contributed by atoms with E-state index in [4.69, 9.17) is 0 Å². The molecule has 0 bridgehead atoms. The van der Waals surface area contributed by atoms with E-state index in [-0.39, 0.29) is 0 Å². The highest BCUT2D eigenvalue weighted by Gasteiger charge is 2.28. The Morgan fingerprint density at radius 3 is 2.80 bits per heavy atom. The molecule has 0 radical (unpaired) electrons. The van der Waals surface area contributed by atoms with E-state index in [1.165, 1.54) is 17.9 Å². The second-order valence-corrected chi connectivity index (χ2v) is 5.88. The topological polar surface area (TPSA) is 37.8 Å². The van der Waals surface area contributed by atoms with Gasteiger partial charge in [0.2, 0.25) is 0 Å². The van der Waals surface area contributed by atoms with Crippen molar-refractivity contribution in [2.75, 3.05) is 16.8 Å². The molecule has 1 fully saturated rings. The Kier molecular flexibility index (Phi) is 3.14. The average Bonchev–Trinajstić information content (AvgIpc) is 2.17. The molecule has 4 heteroatoms. The monoisotopic (exact) mass is 223 g/mol. The Bertz CT molecular complexity index is 313. The fourth-order valence-corrected chi connectivity index (χ4v) is 3.24. The Morgan fingerprint density at radius 1 is 1.40 bits per heavy atom. The van der Waals surface area contributed by atoms with Crippen LogP contribution in [0.15, 0.2) is 18.7 Å². The summed E-state index contributed by atoms with van der Waals surface area (Å²) in [6.07, 6.45) is 6.44. The van der Waals surface area contributed by atoms with Gasteiger partial charge in [0, 0.05) is 11.8 Å². The molecule has 0 aromatic carbocycles. The zero-order valence-electron chi connectivity index (χ0n) is 9.23. The van der Waals surface area contributed by atoms with E-state index in [1.54, 1.807) is 6.33 Å². The molecule has 2 heterocycles. The summed E-state index contributed by atoms with van der Waals surface area (Å²) >= 11 is 2.03. The van der Waals surface area contributed by atoms with Crippen LogP contribution < -0.4 is 5.32 Å². The van der Waals surface area contributed by atoms with Gasteiger partial charge in [-0.1, -0.05) is 13.8 Å². The van der Waals surface area contributed by atoms with Gasteiger partial charge in [0.1, 0.15) is 6.33 Å². The van der Waals surface area contributed by atoms with E-state index >= 15 is 0 Å². The lowest BCUT2D eigenvalue weighted by Crippen LogP contribution is -2.35. The van der Waals surface area contributed by atoms with Gasteiger partial charge in [-0.3, -0.25) is 0 Å². The van der Waals surface area contributed by atoms with Crippen molar-refractivity contribution >= 4 is 17.4 Å². The Hall–Kier alpha value is -0.770. The maximum atomic E-state index is 4.01. The van der Waals surface area contributed by atoms with Crippen molar-refractivity contribution < 1.29 is 0 Å². The second kappa shape index (κ2) is 4.39. The summed E-state index contributed by atoms with van der Waals surface area (Å²) in [6, 6.07) is 0.546. The summed E-state index contributed by atoms with van der Waals surface area (Å²) in [6.45, 7) is 4.66. The lowest BCUT2D eigenvalue weighted by molar-refractivity contribution is 0.358. The van der Waals surface area contributed by atoms with Gasteiger partial charge in [0.15, 0.2) is 0 Å². The summed E-state index contributed by atoms with van der Waals surface area (Å²) in [5, 5.41) is 3.49. The van der Waals surface area contributed by atoms with Crippen LogP contribution in [0.4, 0.5) is 5.69 Å². The molecule has 0 aliphatic carbocycles. The minimum Gasteiger partial charge on any atom is -0.379 e. The fraction of sp³-hybridized carbons (Fsp3) is 0.636.